The zero-order valence-electron chi connectivity index (χ0n) is 22.0. The first-order chi connectivity index (χ1) is 18.5. The molecule has 1 fully saturated rings. The fourth-order valence-corrected chi connectivity index (χ4v) is 5.11. The highest BCUT2D eigenvalue weighted by Crippen LogP contribution is 2.45. The molecule has 1 unspecified atom stereocenters. The Kier molecular flexibility index (Phi) is 6.46. The Bertz CT molecular complexity index is 1660. The molecule has 1 N–H and O–H groups in total. The van der Waals surface area contributed by atoms with Crippen LogP contribution in [0.25, 0.3) is 16.5 Å². The molecule has 7 heteroatoms. The molecule has 0 aromatic heterocycles. The number of benzene rings is 4. The second-order valence-corrected chi connectivity index (χ2v) is 10.5. The SMILES string of the molecule is COc1ccc(/C(O)=C2\C(=O)C(=O)N(c3ccc(F)c(F)c3)C2c2cccc3ccccc23)cc1C(C)(C)C. The third-order valence-electron chi connectivity index (χ3n) is 7.02. The van der Waals surface area contributed by atoms with Gasteiger partial charge in [-0.2, -0.15) is 0 Å². The quantitative estimate of drug-likeness (QED) is 0.175. The smallest absolute Gasteiger partial charge is 0.300 e. The Hall–Kier alpha value is -4.52. The van der Waals surface area contributed by atoms with E-state index in [1.807, 2.05) is 51.1 Å². The summed E-state index contributed by atoms with van der Waals surface area (Å²) in [5.74, 6) is -3.87. The minimum Gasteiger partial charge on any atom is -0.507 e. The maximum Gasteiger partial charge on any atom is 0.300 e. The number of Topliss-reactive ketones (excluding diaryl/α,β-unsaturated/α-hetero) is 1. The maximum atomic E-state index is 14.3. The van der Waals surface area contributed by atoms with Crippen LogP contribution >= 0.6 is 0 Å². The van der Waals surface area contributed by atoms with E-state index in [2.05, 4.69) is 0 Å². The third-order valence-corrected chi connectivity index (χ3v) is 7.02. The van der Waals surface area contributed by atoms with Crippen LogP contribution in [0.4, 0.5) is 14.5 Å². The maximum absolute atomic E-state index is 14.3. The molecule has 1 aliphatic rings. The van der Waals surface area contributed by atoms with Gasteiger partial charge in [0.2, 0.25) is 0 Å². The third kappa shape index (κ3) is 4.44. The number of halogens is 2. The summed E-state index contributed by atoms with van der Waals surface area (Å²) in [7, 11) is 1.55. The van der Waals surface area contributed by atoms with Crippen LogP contribution in [0.3, 0.4) is 0 Å². The van der Waals surface area contributed by atoms with Crippen molar-refractivity contribution >= 4 is 33.9 Å². The standard InChI is InChI=1S/C32H27F2NO4/c1-32(2,3)23-16-19(12-15-26(23)39-4)29(36)27-28(22-11-7-9-18-8-5-6-10-21(18)22)35(31(38)30(27)37)20-13-14-24(33)25(34)17-20/h5-17,28,36H,1-4H3/b29-27+. The number of ether oxygens (including phenoxy) is 1. The number of methoxy groups -OCH3 is 1. The second kappa shape index (κ2) is 9.66. The summed E-state index contributed by atoms with van der Waals surface area (Å²) >= 11 is 0. The van der Waals surface area contributed by atoms with Crippen molar-refractivity contribution < 1.29 is 28.2 Å². The Morgan fingerprint density at radius 2 is 1.62 bits per heavy atom. The number of nitrogens with zero attached hydrogens (tertiary/aromatic N) is 1. The molecule has 5 rings (SSSR count). The van der Waals surface area contributed by atoms with Gasteiger partial charge in [-0.15, -0.1) is 0 Å². The summed E-state index contributed by atoms with van der Waals surface area (Å²) in [4.78, 5) is 28.2. The van der Waals surface area contributed by atoms with E-state index in [1.54, 1.807) is 37.4 Å². The molecule has 5 nitrogen and oxygen atoms in total. The highest BCUT2D eigenvalue weighted by atomic mass is 19.2. The van der Waals surface area contributed by atoms with E-state index in [0.717, 1.165) is 33.4 Å². The number of carbonyl (C=O) groups excluding carboxylic acids is 2. The summed E-state index contributed by atoms with van der Waals surface area (Å²) in [5, 5.41) is 13.2. The van der Waals surface area contributed by atoms with E-state index in [0.29, 0.717) is 16.9 Å². The van der Waals surface area contributed by atoms with Crippen molar-refractivity contribution in [3.8, 4) is 5.75 Å². The summed E-state index contributed by atoms with van der Waals surface area (Å²) < 4.78 is 33.6. The molecule has 1 atom stereocenters. The van der Waals surface area contributed by atoms with E-state index in [9.17, 15) is 23.5 Å². The fraction of sp³-hybridized carbons (Fsp3) is 0.188. The second-order valence-electron chi connectivity index (χ2n) is 10.5. The number of aliphatic hydroxyl groups is 1. The monoisotopic (exact) mass is 527 g/mol. The number of carbonyl (C=O) groups is 2. The van der Waals surface area contributed by atoms with Crippen molar-refractivity contribution in [2.75, 3.05) is 12.0 Å². The van der Waals surface area contributed by atoms with Crippen molar-refractivity contribution in [3.05, 3.63) is 113 Å². The van der Waals surface area contributed by atoms with E-state index in [1.165, 1.54) is 6.07 Å². The van der Waals surface area contributed by atoms with Crippen molar-refractivity contribution in [2.45, 2.75) is 32.2 Å². The van der Waals surface area contributed by atoms with Gasteiger partial charge >= 0.3 is 0 Å². The summed E-state index contributed by atoms with van der Waals surface area (Å²) in [5.41, 5.74) is 1.18. The van der Waals surface area contributed by atoms with Crippen molar-refractivity contribution in [1.82, 2.24) is 0 Å². The Morgan fingerprint density at radius 1 is 0.897 bits per heavy atom. The van der Waals surface area contributed by atoms with Crippen LogP contribution in [0.2, 0.25) is 0 Å². The van der Waals surface area contributed by atoms with Gasteiger partial charge in [0, 0.05) is 22.9 Å². The topological polar surface area (TPSA) is 66.8 Å². The predicted octanol–water partition coefficient (Wildman–Crippen LogP) is 7.05. The van der Waals surface area contributed by atoms with Gasteiger partial charge in [-0.05, 0) is 52.1 Å². The average molecular weight is 528 g/mol. The molecule has 0 radical (unpaired) electrons. The highest BCUT2D eigenvalue weighted by Gasteiger charge is 2.47. The van der Waals surface area contributed by atoms with Crippen molar-refractivity contribution in [2.24, 2.45) is 0 Å². The lowest BCUT2D eigenvalue weighted by atomic mass is 9.84. The van der Waals surface area contributed by atoms with Gasteiger partial charge in [0.25, 0.3) is 11.7 Å². The van der Waals surface area contributed by atoms with Gasteiger partial charge in [0.15, 0.2) is 11.6 Å². The summed E-state index contributed by atoms with van der Waals surface area (Å²) in [6.07, 6.45) is 0. The van der Waals surface area contributed by atoms with Gasteiger partial charge in [0.05, 0.1) is 18.7 Å². The van der Waals surface area contributed by atoms with Gasteiger partial charge in [-0.1, -0.05) is 63.2 Å². The lowest BCUT2D eigenvalue weighted by Gasteiger charge is -2.27. The van der Waals surface area contributed by atoms with Crippen LogP contribution in [0, 0.1) is 11.6 Å². The van der Waals surface area contributed by atoms with Gasteiger partial charge < -0.3 is 9.84 Å². The van der Waals surface area contributed by atoms with Crippen LogP contribution in [-0.4, -0.2) is 23.9 Å². The Morgan fingerprint density at radius 3 is 2.31 bits per heavy atom. The number of fused-ring (bicyclic) bond motifs is 1. The Labute approximate surface area is 225 Å². The molecule has 1 saturated heterocycles. The molecule has 4 aromatic rings. The first kappa shape index (κ1) is 26.1. The fourth-order valence-electron chi connectivity index (χ4n) is 5.11. The number of aliphatic hydroxyl groups excluding tert-OH is 1. The molecule has 198 valence electrons. The molecular weight excluding hydrogens is 500 g/mol. The van der Waals surface area contributed by atoms with E-state index < -0.39 is 29.4 Å². The number of ketones is 1. The number of anilines is 1. The van der Waals surface area contributed by atoms with Crippen LogP contribution in [0.15, 0.2) is 84.4 Å². The first-order valence-electron chi connectivity index (χ1n) is 12.5. The van der Waals surface area contributed by atoms with Crippen LogP contribution in [0.5, 0.6) is 5.75 Å². The van der Waals surface area contributed by atoms with E-state index in [4.69, 9.17) is 4.74 Å². The van der Waals surface area contributed by atoms with Gasteiger partial charge in [0.1, 0.15) is 11.5 Å². The molecular formula is C32H27F2NO4. The Balaban J connectivity index is 1.81. The molecule has 39 heavy (non-hydrogen) atoms. The molecule has 0 bridgehead atoms. The van der Waals surface area contributed by atoms with Crippen LogP contribution < -0.4 is 9.64 Å². The minimum atomic E-state index is -1.16. The zero-order valence-corrected chi connectivity index (χ0v) is 22.0. The van der Waals surface area contributed by atoms with Crippen molar-refractivity contribution in [3.63, 3.8) is 0 Å². The number of hydrogen-bond donors (Lipinski definition) is 1. The normalized spacial score (nSPS) is 17.2. The minimum absolute atomic E-state index is 0.00176. The highest BCUT2D eigenvalue weighted by molar-refractivity contribution is 6.51. The number of rotatable bonds is 4. The largest absolute Gasteiger partial charge is 0.507 e. The molecule has 0 saturated carbocycles. The number of amides is 1. The van der Waals surface area contributed by atoms with Crippen molar-refractivity contribution in [1.29, 1.82) is 0 Å². The summed E-state index contributed by atoms with van der Waals surface area (Å²) in [6.45, 7) is 5.98. The molecule has 4 aromatic carbocycles. The van der Waals surface area contributed by atoms with Crippen LogP contribution in [-0.2, 0) is 15.0 Å². The molecule has 1 heterocycles. The zero-order chi connectivity index (χ0) is 28.1. The van der Waals surface area contributed by atoms with Gasteiger partial charge in [-0.25, -0.2) is 8.78 Å². The summed E-state index contributed by atoms with van der Waals surface area (Å²) in [6, 6.07) is 19.9. The predicted molar refractivity (Wildman–Crippen MR) is 147 cm³/mol. The van der Waals surface area contributed by atoms with E-state index >= 15 is 0 Å². The molecule has 0 spiro atoms. The first-order valence-corrected chi connectivity index (χ1v) is 12.5. The number of hydrogen-bond acceptors (Lipinski definition) is 4. The molecule has 1 amide bonds. The van der Waals surface area contributed by atoms with E-state index in [-0.39, 0.29) is 22.4 Å². The van der Waals surface area contributed by atoms with Gasteiger partial charge in [-0.3, -0.25) is 14.5 Å². The molecule has 0 aliphatic carbocycles. The average Bonchev–Trinajstić information content (AvgIpc) is 3.18. The van der Waals surface area contributed by atoms with Crippen LogP contribution in [0.1, 0.15) is 43.5 Å². The lowest BCUT2D eigenvalue weighted by Crippen LogP contribution is -2.29. The lowest BCUT2D eigenvalue weighted by molar-refractivity contribution is -0.132. The molecule has 1 aliphatic heterocycles.